The molecule has 6 nitrogen and oxygen atoms in total. The number of carbonyl (C=O) groups excluding carboxylic acids is 1. The molecule has 8 heteroatoms. The number of benzene rings is 1. The molecular weight excluding hydrogens is 384 g/mol. The number of hydrogen-bond donors (Lipinski definition) is 1. The summed E-state index contributed by atoms with van der Waals surface area (Å²) in [6.45, 7) is 3.94. The zero-order chi connectivity index (χ0) is 19.6. The normalized spacial score (nSPS) is 10.6. The summed E-state index contributed by atoms with van der Waals surface area (Å²) in [6, 6.07) is 5.21. The van der Waals surface area contributed by atoms with Crippen molar-refractivity contribution in [3.8, 4) is 27.1 Å². The predicted molar refractivity (Wildman–Crippen MR) is 109 cm³/mol. The Labute approximate surface area is 165 Å². The van der Waals surface area contributed by atoms with E-state index in [-0.39, 0.29) is 5.91 Å². The first kappa shape index (κ1) is 19.2. The molecule has 0 spiro atoms. The fourth-order valence-corrected chi connectivity index (χ4v) is 4.42. The largest absolute Gasteiger partial charge is 0.493 e. The second-order valence-corrected chi connectivity index (χ2v) is 7.86. The molecule has 0 aliphatic carbocycles. The van der Waals surface area contributed by atoms with Gasteiger partial charge in [0.2, 0.25) is 5.75 Å². The molecule has 0 saturated heterocycles. The predicted octanol–water partition coefficient (Wildman–Crippen LogP) is 4.77. The van der Waals surface area contributed by atoms with Crippen molar-refractivity contribution in [2.75, 3.05) is 26.6 Å². The molecule has 0 unspecified atom stereocenters. The third-order valence-corrected chi connectivity index (χ3v) is 6.10. The fourth-order valence-electron chi connectivity index (χ4n) is 2.59. The Bertz CT molecular complexity index is 953. The SMILES string of the molecule is COc1cc(C(=O)Nc2cc(-c3nc(C)cs3)sc2C)cc(OC)c1OC. The number of aryl methyl sites for hydroxylation is 2. The van der Waals surface area contributed by atoms with Crippen LogP contribution in [-0.4, -0.2) is 32.2 Å². The Morgan fingerprint density at radius 1 is 1.04 bits per heavy atom. The molecule has 2 heterocycles. The first-order valence-electron chi connectivity index (χ1n) is 8.11. The van der Waals surface area contributed by atoms with E-state index in [2.05, 4.69) is 10.3 Å². The molecule has 0 aliphatic rings. The second kappa shape index (κ2) is 7.98. The van der Waals surface area contributed by atoms with Crippen LogP contribution >= 0.6 is 22.7 Å². The molecule has 142 valence electrons. The van der Waals surface area contributed by atoms with Crippen LogP contribution in [0.2, 0.25) is 0 Å². The van der Waals surface area contributed by atoms with Crippen LogP contribution < -0.4 is 19.5 Å². The maximum Gasteiger partial charge on any atom is 0.255 e. The van der Waals surface area contributed by atoms with Crippen molar-refractivity contribution in [3.05, 3.63) is 39.7 Å². The van der Waals surface area contributed by atoms with Gasteiger partial charge in [0.05, 0.1) is 31.9 Å². The third kappa shape index (κ3) is 3.91. The quantitative estimate of drug-likeness (QED) is 0.641. The Morgan fingerprint density at radius 2 is 1.70 bits per heavy atom. The van der Waals surface area contributed by atoms with Gasteiger partial charge >= 0.3 is 0 Å². The van der Waals surface area contributed by atoms with Crippen LogP contribution in [0.3, 0.4) is 0 Å². The summed E-state index contributed by atoms with van der Waals surface area (Å²) in [6.07, 6.45) is 0. The van der Waals surface area contributed by atoms with Gasteiger partial charge in [-0.1, -0.05) is 0 Å². The Kier molecular flexibility index (Phi) is 5.67. The molecule has 0 atom stereocenters. The highest BCUT2D eigenvalue weighted by atomic mass is 32.1. The molecule has 3 rings (SSSR count). The monoisotopic (exact) mass is 404 g/mol. The minimum Gasteiger partial charge on any atom is -0.493 e. The van der Waals surface area contributed by atoms with Crippen molar-refractivity contribution in [3.63, 3.8) is 0 Å². The standard InChI is InChI=1S/C19H20N2O4S2/c1-10-9-26-19(20-10)16-8-13(11(2)27-16)21-18(22)12-6-14(23-3)17(25-5)15(7-12)24-4/h6-9H,1-5H3,(H,21,22). The van der Waals surface area contributed by atoms with Gasteiger partial charge in [0.15, 0.2) is 11.5 Å². The van der Waals surface area contributed by atoms with Gasteiger partial charge in [-0.05, 0) is 32.0 Å². The summed E-state index contributed by atoms with van der Waals surface area (Å²) in [5.41, 5.74) is 2.17. The van der Waals surface area contributed by atoms with E-state index in [1.807, 2.05) is 25.3 Å². The number of amides is 1. The van der Waals surface area contributed by atoms with E-state index in [4.69, 9.17) is 14.2 Å². The smallest absolute Gasteiger partial charge is 0.255 e. The number of nitrogens with one attached hydrogen (secondary N) is 1. The number of thiazole rings is 1. The van der Waals surface area contributed by atoms with Crippen molar-refractivity contribution >= 4 is 34.3 Å². The molecular formula is C19H20N2O4S2. The molecule has 27 heavy (non-hydrogen) atoms. The van der Waals surface area contributed by atoms with Gasteiger partial charge in [-0.2, -0.15) is 0 Å². The lowest BCUT2D eigenvalue weighted by molar-refractivity contribution is 0.102. The number of aromatic nitrogens is 1. The van der Waals surface area contributed by atoms with E-state index < -0.39 is 0 Å². The van der Waals surface area contributed by atoms with Crippen molar-refractivity contribution in [1.82, 2.24) is 4.98 Å². The minimum atomic E-state index is -0.253. The Hall–Kier alpha value is -2.58. The Balaban J connectivity index is 1.88. The van der Waals surface area contributed by atoms with Crippen LogP contribution in [0.15, 0.2) is 23.6 Å². The van der Waals surface area contributed by atoms with Crippen molar-refractivity contribution in [1.29, 1.82) is 0 Å². The summed E-state index contributed by atoms with van der Waals surface area (Å²) in [5, 5.41) is 5.93. The van der Waals surface area contributed by atoms with E-state index >= 15 is 0 Å². The van der Waals surface area contributed by atoms with Gasteiger partial charge in [0.1, 0.15) is 5.01 Å². The number of hydrogen-bond acceptors (Lipinski definition) is 7. The minimum absolute atomic E-state index is 0.253. The highest BCUT2D eigenvalue weighted by molar-refractivity contribution is 7.21. The van der Waals surface area contributed by atoms with Crippen molar-refractivity contribution in [2.24, 2.45) is 0 Å². The molecule has 0 bridgehead atoms. The Morgan fingerprint density at radius 3 is 2.22 bits per heavy atom. The fraction of sp³-hybridized carbons (Fsp3) is 0.263. The van der Waals surface area contributed by atoms with E-state index in [0.717, 1.165) is 26.1 Å². The van der Waals surface area contributed by atoms with Crippen molar-refractivity contribution < 1.29 is 19.0 Å². The van der Waals surface area contributed by atoms with Crippen LogP contribution in [-0.2, 0) is 0 Å². The van der Waals surface area contributed by atoms with Gasteiger partial charge < -0.3 is 19.5 Å². The van der Waals surface area contributed by atoms with Crippen LogP contribution in [0.25, 0.3) is 9.88 Å². The average molecular weight is 405 g/mol. The van der Waals surface area contributed by atoms with E-state index in [0.29, 0.717) is 22.8 Å². The van der Waals surface area contributed by atoms with Gasteiger partial charge in [-0.25, -0.2) is 4.98 Å². The molecule has 2 aromatic heterocycles. The highest BCUT2D eigenvalue weighted by Crippen LogP contribution is 2.39. The number of nitrogens with zero attached hydrogens (tertiary/aromatic N) is 1. The summed E-state index contributed by atoms with van der Waals surface area (Å²) < 4.78 is 15.9. The topological polar surface area (TPSA) is 69.7 Å². The average Bonchev–Trinajstić information content (AvgIpc) is 3.26. The number of carbonyl (C=O) groups is 1. The third-order valence-electron chi connectivity index (χ3n) is 3.92. The molecule has 1 aromatic carbocycles. The summed E-state index contributed by atoms with van der Waals surface area (Å²) in [4.78, 5) is 19.3. The molecule has 0 radical (unpaired) electrons. The molecule has 1 N–H and O–H groups in total. The first-order chi connectivity index (χ1) is 13.0. The van der Waals surface area contributed by atoms with E-state index in [9.17, 15) is 4.79 Å². The molecule has 0 aliphatic heterocycles. The van der Waals surface area contributed by atoms with Crippen LogP contribution in [0.1, 0.15) is 20.9 Å². The molecule has 0 fully saturated rings. The molecule has 1 amide bonds. The zero-order valence-corrected chi connectivity index (χ0v) is 17.3. The maximum atomic E-state index is 12.8. The van der Waals surface area contributed by atoms with Crippen LogP contribution in [0, 0.1) is 13.8 Å². The molecule has 3 aromatic rings. The number of methoxy groups -OCH3 is 3. The maximum absolute atomic E-state index is 12.8. The zero-order valence-electron chi connectivity index (χ0n) is 15.7. The number of anilines is 1. The summed E-state index contributed by atoms with van der Waals surface area (Å²) in [5.74, 6) is 1.06. The number of thiophene rings is 1. The van der Waals surface area contributed by atoms with Gasteiger partial charge in [-0.3, -0.25) is 4.79 Å². The lowest BCUT2D eigenvalue weighted by Crippen LogP contribution is -2.12. The van der Waals surface area contributed by atoms with Gasteiger partial charge in [0, 0.05) is 21.5 Å². The number of ether oxygens (including phenoxy) is 3. The second-order valence-electron chi connectivity index (χ2n) is 5.74. The lowest BCUT2D eigenvalue weighted by Gasteiger charge is -2.14. The summed E-state index contributed by atoms with van der Waals surface area (Å²) >= 11 is 3.20. The van der Waals surface area contributed by atoms with E-state index in [1.54, 1.807) is 34.8 Å². The van der Waals surface area contributed by atoms with Gasteiger partial charge in [-0.15, -0.1) is 22.7 Å². The molecule has 0 saturated carbocycles. The highest BCUT2D eigenvalue weighted by Gasteiger charge is 2.18. The van der Waals surface area contributed by atoms with Crippen LogP contribution in [0.5, 0.6) is 17.2 Å². The van der Waals surface area contributed by atoms with Crippen molar-refractivity contribution in [2.45, 2.75) is 13.8 Å². The lowest BCUT2D eigenvalue weighted by atomic mass is 10.1. The number of rotatable bonds is 6. The van der Waals surface area contributed by atoms with E-state index in [1.165, 1.54) is 21.3 Å². The van der Waals surface area contributed by atoms with Crippen LogP contribution in [0.4, 0.5) is 5.69 Å². The van der Waals surface area contributed by atoms with Gasteiger partial charge in [0.25, 0.3) is 5.91 Å². The summed E-state index contributed by atoms with van der Waals surface area (Å²) in [7, 11) is 4.56. The first-order valence-corrected chi connectivity index (χ1v) is 9.80.